The largest absolute Gasteiger partial charge is 0.399 e. The first-order chi connectivity index (χ1) is 14.5. The maximum atomic E-state index is 12.6. The van der Waals surface area contributed by atoms with Gasteiger partial charge in [0.15, 0.2) is 0 Å². The van der Waals surface area contributed by atoms with Gasteiger partial charge in [0.25, 0.3) is 0 Å². The zero-order valence-corrected chi connectivity index (χ0v) is 16.4. The Hall–Kier alpha value is -3.76. The fourth-order valence-corrected chi connectivity index (χ4v) is 3.54. The number of anilines is 1. The highest BCUT2D eigenvalue weighted by molar-refractivity contribution is 6.49. The second-order valence-electron chi connectivity index (χ2n) is 7.46. The molecule has 0 aliphatic heterocycles. The van der Waals surface area contributed by atoms with Crippen molar-refractivity contribution in [3.63, 3.8) is 0 Å². The molecule has 0 bridgehead atoms. The third-order valence-electron chi connectivity index (χ3n) is 5.39. The van der Waals surface area contributed by atoms with Gasteiger partial charge in [-0.3, -0.25) is 9.59 Å². The lowest BCUT2D eigenvalue weighted by Crippen LogP contribution is -2.35. The molecule has 1 atom stereocenters. The van der Waals surface area contributed by atoms with Gasteiger partial charge >= 0.3 is 0 Å². The van der Waals surface area contributed by atoms with Gasteiger partial charge in [0.2, 0.25) is 11.6 Å². The highest BCUT2D eigenvalue weighted by Crippen LogP contribution is 2.31. The molecule has 1 unspecified atom stereocenters. The third kappa shape index (κ3) is 3.86. The van der Waals surface area contributed by atoms with Gasteiger partial charge in [0, 0.05) is 16.8 Å². The van der Waals surface area contributed by atoms with Crippen molar-refractivity contribution >= 4 is 17.3 Å². The fourth-order valence-electron chi connectivity index (χ4n) is 3.54. The van der Waals surface area contributed by atoms with Crippen LogP contribution >= 0.6 is 0 Å². The topological polar surface area (TPSA) is 86.2 Å². The van der Waals surface area contributed by atoms with Crippen LogP contribution in [0.3, 0.4) is 0 Å². The van der Waals surface area contributed by atoms with Crippen molar-refractivity contribution in [2.75, 3.05) is 5.73 Å². The van der Waals surface area contributed by atoms with Crippen molar-refractivity contribution in [2.24, 2.45) is 5.73 Å². The maximum absolute atomic E-state index is 12.6. The van der Waals surface area contributed by atoms with E-state index in [4.69, 9.17) is 11.5 Å². The molecule has 0 aromatic heterocycles. The summed E-state index contributed by atoms with van der Waals surface area (Å²) in [6.07, 6.45) is 5.62. The number of hydrogen-bond acceptors (Lipinski definition) is 4. The molecule has 4 nitrogen and oxygen atoms in total. The molecule has 3 aromatic rings. The molecule has 0 radical (unpaired) electrons. The summed E-state index contributed by atoms with van der Waals surface area (Å²) in [6, 6.07) is 24.6. The first-order valence-electron chi connectivity index (χ1n) is 9.75. The first kappa shape index (κ1) is 19.6. The molecule has 3 aromatic carbocycles. The van der Waals surface area contributed by atoms with E-state index in [1.54, 1.807) is 42.5 Å². The van der Waals surface area contributed by atoms with Gasteiger partial charge in [-0.15, -0.1) is 0 Å². The highest BCUT2D eigenvalue weighted by atomic mass is 16.2. The van der Waals surface area contributed by atoms with Gasteiger partial charge in [-0.05, 0) is 47.4 Å². The van der Waals surface area contributed by atoms with E-state index in [0.29, 0.717) is 23.2 Å². The van der Waals surface area contributed by atoms with Crippen molar-refractivity contribution in [3.05, 3.63) is 114 Å². The van der Waals surface area contributed by atoms with Crippen LogP contribution in [0.1, 0.15) is 22.3 Å². The molecule has 30 heavy (non-hydrogen) atoms. The van der Waals surface area contributed by atoms with Crippen molar-refractivity contribution < 1.29 is 9.59 Å². The van der Waals surface area contributed by atoms with Crippen molar-refractivity contribution in [2.45, 2.75) is 12.0 Å². The Morgan fingerprint density at radius 3 is 2.00 bits per heavy atom. The molecule has 0 fully saturated rings. The van der Waals surface area contributed by atoms with E-state index in [-0.39, 0.29) is 0 Å². The minimum atomic E-state index is -0.719. The Labute approximate surface area is 175 Å². The summed E-state index contributed by atoms with van der Waals surface area (Å²) < 4.78 is 0. The number of benzene rings is 3. The van der Waals surface area contributed by atoms with Crippen molar-refractivity contribution in [3.8, 4) is 11.1 Å². The molecule has 1 aliphatic rings. The highest BCUT2D eigenvalue weighted by Gasteiger charge is 2.28. The number of carbonyl (C=O) groups excluding carboxylic acids is 2. The van der Waals surface area contributed by atoms with Gasteiger partial charge in [-0.1, -0.05) is 72.8 Å². The maximum Gasteiger partial charge on any atom is 0.233 e. The normalized spacial score (nSPS) is 18.0. The summed E-state index contributed by atoms with van der Waals surface area (Å²) in [5.74, 6) is -1.10. The Kier molecular flexibility index (Phi) is 5.17. The zero-order chi connectivity index (χ0) is 21.1. The van der Waals surface area contributed by atoms with Gasteiger partial charge in [0.05, 0.1) is 5.54 Å². The van der Waals surface area contributed by atoms with E-state index < -0.39 is 17.1 Å². The van der Waals surface area contributed by atoms with Gasteiger partial charge in [-0.2, -0.15) is 0 Å². The molecule has 0 spiro atoms. The van der Waals surface area contributed by atoms with Crippen LogP contribution in [0, 0.1) is 0 Å². The lowest BCUT2D eigenvalue weighted by atomic mass is 9.81. The summed E-state index contributed by atoms with van der Waals surface area (Å²) in [4.78, 5) is 25.1. The standard InChI is InChI=1S/C26H22N2O2/c27-23-12-8-20(9-13-23)24(29)25(30)21-14-16-26(28,17-15-21)22-10-6-19(7-11-22)18-4-2-1-3-5-18/h1-16H,17,27-28H2. The molecule has 0 saturated carbocycles. The summed E-state index contributed by atoms with van der Waals surface area (Å²) in [7, 11) is 0. The summed E-state index contributed by atoms with van der Waals surface area (Å²) in [5, 5.41) is 0. The van der Waals surface area contributed by atoms with Gasteiger partial charge < -0.3 is 11.5 Å². The predicted molar refractivity (Wildman–Crippen MR) is 120 cm³/mol. The Morgan fingerprint density at radius 1 is 0.767 bits per heavy atom. The third-order valence-corrected chi connectivity index (χ3v) is 5.39. The number of nitrogen functional groups attached to an aromatic ring is 1. The Morgan fingerprint density at radius 2 is 1.40 bits per heavy atom. The molecule has 4 heteroatoms. The van der Waals surface area contributed by atoms with E-state index in [2.05, 4.69) is 12.1 Å². The molecule has 148 valence electrons. The molecule has 4 rings (SSSR count). The monoisotopic (exact) mass is 394 g/mol. The van der Waals surface area contributed by atoms with Gasteiger partial charge in [-0.25, -0.2) is 0 Å². The molecule has 0 amide bonds. The van der Waals surface area contributed by atoms with E-state index >= 15 is 0 Å². The van der Waals surface area contributed by atoms with Crippen LogP contribution in [0.15, 0.2) is 103 Å². The van der Waals surface area contributed by atoms with E-state index in [1.165, 1.54) is 0 Å². The smallest absolute Gasteiger partial charge is 0.233 e. The SMILES string of the molecule is Nc1ccc(C(=O)C(=O)C2=CCC(N)(c3ccc(-c4ccccc4)cc3)C=C2)cc1. The lowest BCUT2D eigenvalue weighted by molar-refractivity contribution is -0.111. The Bertz CT molecular complexity index is 1140. The molecule has 4 N–H and O–H groups in total. The average Bonchev–Trinajstić information content (AvgIpc) is 2.80. The molecular weight excluding hydrogens is 372 g/mol. The van der Waals surface area contributed by atoms with Crippen LogP contribution in [-0.2, 0) is 10.3 Å². The number of Topliss-reactive ketones (excluding diaryl/α,β-unsaturated/α-hetero) is 2. The number of carbonyl (C=O) groups is 2. The number of rotatable bonds is 5. The summed E-state index contributed by atoms with van der Waals surface area (Å²) in [6.45, 7) is 0. The van der Waals surface area contributed by atoms with Crippen LogP contribution in [0.4, 0.5) is 5.69 Å². The van der Waals surface area contributed by atoms with Crippen molar-refractivity contribution in [1.29, 1.82) is 0 Å². The van der Waals surface area contributed by atoms with E-state index in [1.807, 2.05) is 42.5 Å². The van der Waals surface area contributed by atoms with Crippen LogP contribution in [0.2, 0.25) is 0 Å². The first-order valence-corrected chi connectivity index (χ1v) is 9.75. The van der Waals surface area contributed by atoms with Gasteiger partial charge in [0.1, 0.15) is 0 Å². The minimum absolute atomic E-state index is 0.324. The summed E-state index contributed by atoms with van der Waals surface area (Å²) >= 11 is 0. The van der Waals surface area contributed by atoms with Crippen molar-refractivity contribution in [1.82, 2.24) is 0 Å². The quantitative estimate of drug-likeness (QED) is 0.381. The van der Waals surface area contributed by atoms with Crippen LogP contribution in [0.5, 0.6) is 0 Å². The Balaban J connectivity index is 1.49. The molecule has 1 aliphatic carbocycles. The van der Waals surface area contributed by atoms with E-state index in [9.17, 15) is 9.59 Å². The number of nitrogens with two attached hydrogens (primary N) is 2. The van der Waals surface area contributed by atoms with Crippen LogP contribution < -0.4 is 11.5 Å². The molecule has 0 saturated heterocycles. The average molecular weight is 394 g/mol. The second kappa shape index (κ2) is 7.93. The number of ketones is 2. The lowest BCUT2D eigenvalue weighted by Gasteiger charge is -2.28. The second-order valence-corrected chi connectivity index (χ2v) is 7.46. The summed E-state index contributed by atoms with van der Waals surface area (Å²) in [5.41, 5.74) is 15.9. The van der Waals surface area contributed by atoms with Crippen LogP contribution in [-0.4, -0.2) is 11.6 Å². The number of allylic oxidation sites excluding steroid dienone is 2. The molecular formula is C26H22N2O2. The minimum Gasteiger partial charge on any atom is -0.399 e. The fraction of sp³-hybridized carbons (Fsp3) is 0.0769. The van der Waals surface area contributed by atoms with E-state index in [0.717, 1.165) is 16.7 Å². The zero-order valence-electron chi connectivity index (χ0n) is 16.4. The van der Waals surface area contributed by atoms with Crippen LogP contribution in [0.25, 0.3) is 11.1 Å². The molecule has 0 heterocycles. The predicted octanol–water partition coefficient (Wildman–Crippen LogP) is 4.43. The number of hydrogen-bond donors (Lipinski definition) is 2.